The van der Waals surface area contributed by atoms with Gasteiger partial charge in [0.25, 0.3) is 10.1 Å². The van der Waals surface area contributed by atoms with Gasteiger partial charge in [0.05, 0.1) is 6.61 Å². The van der Waals surface area contributed by atoms with Gasteiger partial charge in [0.2, 0.25) is 0 Å². The first-order chi connectivity index (χ1) is 8.63. The average Bonchev–Trinajstić information content (AvgIpc) is 2.26. The molecule has 0 radical (unpaired) electrons. The molecule has 108 valence electrons. The highest BCUT2D eigenvalue weighted by Crippen LogP contribution is 2.32. The van der Waals surface area contributed by atoms with Crippen LogP contribution in [0.5, 0.6) is 0 Å². The van der Waals surface area contributed by atoms with E-state index < -0.39 is 15.4 Å². The molecule has 0 saturated carbocycles. The predicted molar refractivity (Wildman–Crippen MR) is 78.3 cm³/mol. The number of rotatable bonds is 5. The Morgan fingerprint density at radius 1 is 1.11 bits per heavy atom. The van der Waals surface area contributed by atoms with Crippen LogP contribution in [-0.4, -0.2) is 15.0 Å². The monoisotopic (exact) mass is 284 g/mol. The standard InChI is InChI=1S/C15H24O3S/c1-12(2)14(13-9-7-6-8-10-13)19(16,17)18-11-15(3,4)5/h6-10,12,14H,11H2,1-5H3/t14-/m0/s1. The van der Waals surface area contributed by atoms with E-state index in [0.29, 0.717) is 0 Å². The van der Waals surface area contributed by atoms with Gasteiger partial charge in [-0.25, -0.2) is 0 Å². The molecule has 0 fully saturated rings. The van der Waals surface area contributed by atoms with Crippen LogP contribution in [0.3, 0.4) is 0 Å². The zero-order valence-corrected chi connectivity index (χ0v) is 13.2. The van der Waals surface area contributed by atoms with E-state index in [2.05, 4.69) is 0 Å². The molecule has 0 amide bonds. The van der Waals surface area contributed by atoms with Crippen molar-refractivity contribution < 1.29 is 12.6 Å². The zero-order chi connectivity index (χ0) is 14.7. The van der Waals surface area contributed by atoms with Gasteiger partial charge >= 0.3 is 0 Å². The van der Waals surface area contributed by atoms with Crippen LogP contribution >= 0.6 is 0 Å². The maximum absolute atomic E-state index is 12.4. The SMILES string of the molecule is CC(C)[C@@H](c1ccccc1)S(=O)(=O)OCC(C)(C)C. The Morgan fingerprint density at radius 3 is 2.05 bits per heavy atom. The molecule has 0 heterocycles. The van der Waals surface area contributed by atoms with Gasteiger partial charge in [-0.1, -0.05) is 65.0 Å². The predicted octanol–water partition coefficient (Wildman–Crippen LogP) is 3.78. The minimum absolute atomic E-state index is 0.0348. The molecule has 1 rings (SSSR count). The van der Waals surface area contributed by atoms with E-state index in [1.807, 2.05) is 65.0 Å². The third kappa shape index (κ3) is 4.96. The van der Waals surface area contributed by atoms with Gasteiger partial charge in [0.1, 0.15) is 5.25 Å². The van der Waals surface area contributed by atoms with Crippen molar-refractivity contribution in [3.05, 3.63) is 35.9 Å². The topological polar surface area (TPSA) is 43.4 Å². The third-order valence-electron chi connectivity index (χ3n) is 2.70. The maximum atomic E-state index is 12.4. The fraction of sp³-hybridized carbons (Fsp3) is 0.600. The molecule has 0 spiro atoms. The zero-order valence-electron chi connectivity index (χ0n) is 12.4. The van der Waals surface area contributed by atoms with Crippen LogP contribution in [-0.2, 0) is 14.3 Å². The second-order valence-electron chi connectivity index (χ2n) is 6.39. The van der Waals surface area contributed by atoms with Gasteiger partial charge in [0.15, 0.2) is 0 Å². The van der Waals surface area contributed by atoms with Gasteiger partial charge in [-0.05, 0) is 16.9 Å². The molecular weight excluding hydrogens is 260 g/mol. The molecule has 1 aromatic carbocycles. The highest BCUT2D eigenvalue weighted by atomic mass is 32.2. The third-order valence-corrected chi connectivity index (χ3v) is 4.59. The summed E-state index contributed by atoms with van der Waals surface area (Å²) in [7, 11) is -3.61. The summed E-state index contributed by atoms with van der Waals surface area (Å²) >= 11 is 0. The first kappa shape index (κ1) is 16.2. The normalized spacial score (nSPS) is 14.6. The molecule has 19 heavy (non-hydrogen) atoms. The Hall–Kier alpha value is -0.870. The Balaban J connectivity index is 3.00. The second-order valence-corrected chi connectivity index (χ2v) is 8.12. The van der Waals surface area contributed by atoms with Crippen LogP contribution in [0, 0.1) is 11.3 Å². The second kappa shape index (κ2) is 6.06. The maximum Gasteiger partial charge on any atom is 0.274 e. The molecule has 0 aliphatic rings. The van der Waals surface area contributed by atoms with Crippen molar-refractivity contribution in [2.45, 2.75) is 39.9 Å². The van der Waals surface area contributed by atoms with Crippen molar-refractivity contribution in [1.82, 2.24) is 0 Å². The number of benzene rings is 1. The van der Waals surface area contributed by atoms with E-state index in [1.165, 1.54) is 0 Å². The summed E-state index contributed by atoms with van der Waals surface area (Å²) in [6, 6.07) is 9.25. The van der Waals surface area contributed by atoms with E-state index in [9.17, 15) is 8.42 Å². The largest absolute Gasteiger partial charge is 0.274 e. The highest BCUT2D eigenvalue weighted by molar-refractivity contribution is 7.87. The van der Waals surface area contributed by atoms with E-state index in [4.69, 9.17) is 4.18 Å². The van der Waals surface area contributed by atoms with Gasteiger partial charge in [-0.2, -0.15) is 8.42 Å². The highest BCUT2D eigenvalue weighted by Gasteiger charge is 2.32. The molecular formula is C15H24O3S. The molecule has 3 nitrogen and oxygen atoms in total. The van der Waals surface area contributed by atoms with E-state index in [0.717, 1.165) is 5.56 Å². The summed E-state index contributed by atoms with van der Waals surface area (Å²) in [5, 5.41) is -0.615. The molecule has 1 aromatic rings. The Labute approximate surface area is 117 Å². The Kier molecular flexibility index (Phi) is 5.16. The van der Waals surface area contributed by atoms with Crippen LogP contribution in [0.2, 0.25) is 0 Å². The molecule has 0 aliphatic carbocycles. The lowest BCUT2D eigenvalue weighted by Gasteiger charge is -2.24. The fourth-order valence-electron chi connectivity index (χ4n) is 1.86. The minimum Gasteiger partial charge on any atom is -0.269 e. The summed E-state index contributed by atoms with van der Waals surface area (Å²) in [5.74, 6) is -0.0348. The molecule has 0 bridgehead atoms. The fourth-order valence-corrected chi connectivity index (χ4v) is 3.68. The van der Waals surface area contributed by atoms with Crippen LogP contribution in [0.4, 0.5) is 0 Å². The van der Waals surface area contributed by atoms with E-state index in [-0.39, 0.29) is 17.9 Å². The van der Waals surface area contributed by atoms with Crippen LogP contribution in [0.15, 0.2) is 30.3 Å². The van der Waals surface area contributed by atoms with Crippen molar-refractivity contribution in [1.29, 1.82) is 0 Å². The van der Waals surface area contributed by atoms with Crippen LogP contribution in [0.25, 0.3) is 0 Å². The average molecular weight is 284 g/mol. The lowest BCUT2D eigenvalue weighted by Crippen LogP contribution is -2.25. The van der Waals surface area contributed by atoms with Gasteiger partial charge in [-0.15, -0.1) is 0 Å². The summed E-state index contributed by atoms with van der Waals surface area (Å²) < 4.78 is 30.0. The van der Waals surface area contributed by atoms with Crippen molar-refractivity contribution in [2.24, 2.45) is 11.3 Å². The molecule has 1 atom stereocenters. The quantitative estimate of drug-likeness (QED) is 0.773. The smallest absolute Gasteiger partial charge is 0.269 e. The van der Waals surface area contributed by atoms with Crippen LogP contribution in [0.1, 0.15) is 45.4 Å². The van der Waals surface area contributed by atoms with Crippen LogP contribution < -0.4 is 0 Å². The summed E-state index contributed by atoms with van der Waals surface area (Å²) in [6.45, 7) is 9.86. The van der Waals surface area contributed by atoms with E-state index in [1.54, 1.807) is 0 Å². The molecule has 4 heteroatoms. The molecule has 0 aliphatic heterocycles. The minimum atomic E-state index is -3.61. The molecule has 0 unspecified atom stereocenters. The number of hydrogen-bond acceptors (Lipinski definition) is 3. The van der Waals surface area contributed by atoms with Crippen molar-refractivity contribution in [3.8, 4) is 0 Å². The van der Waals surface area contributed by atoms with Gasteiger partial charge in [-0.3, -0.25) is 4.18 Å². The van der Waals surface area contributed by atoms with Crippen molar-refractivity contribution >= 4 is 10.1 Å². The summed E-state index contributed by atoms with van der Waals surface area (Å²) in [6.07, 6.45) is 0. The van der Waals surface area contributed by atoms with E-state index >= 15 is 0 Å². The molecule has 0 aromatic heterocycles. The lowest BCUT2D eigenvalue weighted by molar-refractivity contribution is 0.199. The summed E-state index contributed by atoms with van der Waals surface area (Å²) in [4.78, 5) is 0. The van der Waals surface area contributed by atoms with Crippen molar-refractivity contribution in [2.75, 3.05) is 6.61 Å². The van der Waals surface area contributed by atoms with Crippen molar-refractivity contribution in [3.63, 3.8) is 0 Å². The lowest BCUT2D eigenvalue weighted by atomic mass is 9.99. The Bertz CT molecular complexity index is 484. The number of hydrogen-bond donors (Lipinski definition) is 0. The Morgan fingerprint density at radius 2 is 1.63 bits per heavy atom. The van der Waals surface area contributed by atoms with Gasteiger partial charge in [0, 0.05) is 0 Å². The van der Waals surface area contributed by atoms with Gasteiger partial charge < -0.3 is 0 Å². The molecule has 0 N–H and O–H groups in total. The first-order valence-corrected chi connectivity index (χ1v) is 8.04. The first-order valence-electron chi connectivity index (χ1n) is 6.57. The summed E-state index contributed by atoms with van der Waals surface area (Å²) in [5.41, 5.74) is 0.608. The molecule has 0 saturated heterocycles.